The summed E-state index contributed by atoms with van der Waals surface area (Å²) in [7, 11) is 0. The average molecular weight is 526 g/mol. The monoisotopic (exact) mass is 525 g/mol. The zero-order chi connectivity index (χ0) is 26.7. The SMILES string of the molecule is CCOC(=O)[C@]12CCC=C1N(Cc1ccc3c(c1)OCO3)C(=O)[C@H](CC(=O)NCCCN1CCCC1=O)C2. The topological polar surface area (TPSA) is 114 Å². The fourth-order valence-electron chi connectivity index (χ4n) is 6.04. The van der Waals surface area contributed by atoms with Crippen LogP contribution in [0.5, 0.6) is 11.5 Å². The number of allylic oxidation sites excluding steroid dienone is 1. The molecular weight excluding hydrogens is 490 g/mol. The van der Waals surface area contributed by atoms with E-state index in [1.54, 1.807) is 11.8 Å². The summed E-state index contributed by atoms with van der Waals surface area (Å²) in [5.74, 6) is 0.0452. The van der Waals surface area contributed by atoms with Gasteiger partial charge in [-0.2, -0.15) is 0 Å². The lowest BCUT2D eigenvalue weighted by molar-refractivity contribution is -0.161. The van der Waals surface area contributed by atoms with Crippen LogP contribution in [0.1, 0.15) is 57.4 Å². The quantitative estimate of drug-likeness (QED) is 0.369. The number of esters is 1. The molecule has 5 rings (SSSR count). The number of hydrogen-bond acceptors (Lipinski definition) is 7. The van der Waals surface area contributed by atoms with E-state index < -0.39 is 11.3 Å². The summed E-state index contributed by atoms with van der Waals surface area (Å²) in [4.78, 5) is 55.2. The number of nitrogens with one attached hydrogen (secondary N) is 1. The second-order valence-electron chi connectivity index (χ2n) is 10.3. The Labute approximate surface area is 222 Å². The number of fused-ring (bicyclic) bond motifs is 2. The van der Waals surface area contributed by atoms with Crippen molar-refractivity contribution < 1.29 is 33.4 Å². The summed E-state index contributed by atoms with van der Waals surface area (Å²) in [6.07, 6.45) is 5.55. The lowest BCUT2D eigenvalue weighted by Crippen LogP contribution is -2.52. The summed E-state index contributed by atoms with van der Waals surface area (Å²) in [6.45, 7) is 4.24. The van der Waals surface area contributed by atoms with Gasteiger partial charge < -0.3 is 29.3 Å². The van der Waals surface area contributed by atoms with E-state index in [-0.39, 0.29) is 56.5 Å². The molecule has 0 radical (unpaired) electrons. The summed E-state index contributed by atoms with van der Waals surface area (Å²) in [6, 6.07) is 5.54. The van der Waals surface area contributed by atoms with Crippen molar-refractivity contribution in [3.05, 3.63) is 35.5 Å². The number of piperidine rings is 1. The molecule has 0 spiro atoms. The second kappa shape index (κ2) is 11.0. The van der Waals surface area contributed by atoms with Gasteiger partial charge in [-0.15, -0.1) is 0 Å². The van der Waals surface area contributed by atoms with Gasteiger partial charge in [0.05, 0.1) is 13.2 Å². The van der Waals surface area contributed by atoms with Crippen LogP contribution < -0.4 is 14.8 Å². The molecule has 2 saturated heterocycles. The van der Waals surface area contributed by atoms with E-state index in [4.69, 9.17) is 14.2 Å². The molecule has 0 aromatic heterocycles. The molecule has 10 heteroatoms. The van der Waals surface area contributed by atoms with Gasteiger partial charge in [0.2, 0.25) is 24.5 Å². The molecule has 3 aliphatic heterocycles. The number of hydrogen-bond donors (Lipinski definition) is 1. The molecule has 0 saturated carbocycles. The lowest BCUT2D eigenvalue weighted by atomic mass is 9.71. The molecule has 1 N–H and O–H groups in total. The Hall–Kier alpha value is -3.56. The number of amides is 3. The Bertz CT molecular complexity index is 1150. The summed E-state index contributed by atoms with van der Waals surface area (Å²) < 4.78 is 16.4. The number of ether oxygens (including phenoxy) is 3. The highest BCUT2D eigenvalue weighted by Crippen LogP contribution is 2.51. The number of likely N-dealkylation sites (tertiary alicyclic amines) is 2. The van der Waals surface area contributed by atoms with Crippen LogP contribution in [0.4, 0.5) is 0 Å². The van der Waals surface area contributed by atoms with Crippen LogP contribution in [0.3, 0.4) is 0 Å². The van der Waals surface area contributed by atoms with Crippen LogP contribution in [0.15, 0.2) is 30.0 Å². The fourth-order valence-corrected chi connectivity index (χ4v) is 6.04. The number of carbonyl (C=O) groups excluding carboxylic acids is 4. The minimum atomic E-state index is -0.943. The van der Waals surface area contributed by atoms with Gasteiger partial charge in [0.15, 0.2) is 11.5 Å². The van der Waals surface area contributed by atoms with E-state index in [1.165, 1.54) is 0 Å². The lowest BCUT2D eigenvalue weighted by Gasteiger charge is -2.44. The highest BCUT2D eigenvalue weighted by atomic mass is 16.7. The molecule has 0 unspecified atom stereocenters. The van der Waals surface area contributed by atoms with Gasteiger partial charge in [0.1, 0.15) is 5.41 Å². The zero-order valence-electron chi connectivity index (χ0n) is 21.8. The van der Waals surface area contributed by atoms with Crippen LogP contribution in [-0.4, -0.2) is 66.5 Å². The van der Waals surface area contributed by atoms with Crippen LogP contribution in [-0.2, 0) is 30.5 Å². The Morgan fingerprint density at radius 1 is 1.21 bits per heavy atom. The third-order valence-electron chi connectivity index (χ3n) is 7.87. The Kier molecular flexibility index (Phi) is 7.58. The maximum absolute atomic E-state index is 13.8. The van der Waals surface area contributed by atoms with E-state index in [1.807, 2.05) is 29.2 Å². The number of rotatable bonds is 10. The number of carbonyl (C=O) groups is 4. The summed E-state index contributed by atoms with van der Waals surface area (Å²) >= 11 is 0. The maximum Gasteiger partial charge on any atom is 0.318 e. The van der Waals surface area contributed by atoms with E-state index in [9.17, 15) is 19.2 Å². The second-order valence-corrected chi connectivity index (χ2v) is 10.3. The molecule has 0 bridgehead atoms. The summed E-state index contributed by atoms with van der Waals surface area (Å²) in [5.41, 5.74) is 0.571. The first kappa shape index (κ1) is 26.1. The highest BCUT2D eigenvalue weighted by Gasteiger charge is 2.55. The van der Waals surface area contributed by atoms with Crippen LogP contribution >= 0.6 is 0 Å². The molecule has 38 heavy (non-hydrogen) atoms. The first-order valence-corrected chi connectivity index (χ1v) is 13.5. The first-order chi connectivity index (χ1) is 18.4. The van der Waals surface area contributed by atoms with Crippen LogP contribution in [0, 0.1) is 11.3 Å². The molecule has 3 heterocycles. The smallest absolute Gasteiger partial charge is 0.318 e. The van der Waals surface area contributed by atoms with Crippen LogP contribution in [0.25, 0.3) is 0 Å². The van der Waals surface area contributed by atoms with Crippen molar-refractivity contribution in [2.24, 2.45) is 11.3 Å². The summed E-state index contributed by atoms with van der Waals surface area (Å²) in [5, 5.41) is 2.90. The molecule has 2 atom stereocenters. The van der Waals surface area contributed by atoms with Crippen molar-refractivity contribution in [3.63, 3.8) is 0 Å². The minimum Gasteiger partial charge on any atom is -0.465 e. The van der Waals surface area contributed by atoms with E-state index in [0.29, 0.717) is 56.0 Å². The molecule has 2 fully saturated rings. The fraction of sp³-hybridized carbons (Fsp3) is 0.571. The molecule has 3 amide bonds. The predicted molar refractivity (Wildman–Crippen MR) is 136 cm³/mol. The van der Waals surface area contributed by atoms with Gasteiger partial charge in [0.25, 0.3) is 0 Å². The van der Waals surface area contributed by atoms with Gasteiger partial charge in [0, 0.05) is 44.1 Å². The Balaban J connectivity index is 1.29. The highest BCUT2D eigenvalue weighted by molar-refractivity contribution is 5.92. The average Bonchev–Trinajstić information content (AvgIpc) is 3.64. The standard InChI is InChI=1S/C28H35N3O7/c1-2-36-27(35)28-10-3-6-23(28)31(17-19-8-9-21-22(14-19)38-18-37-21)26(34)20(16-28)15-24(32)29-11-5-13-30-12-4-7-25(30)33/h6,8-9,14,20H,2-5,7,10-13,15-18H2,1H3,(H,29,32)/t20-,28+/m1/s1. The Morgan fingerprint density at radius 2 is 2.05 bits per heavy atom. The van der Waals surface area contributed by atoms with Gasteiger partial charge in [-0.1, -0.05) is 12.1 Å². The van der Waals surface area contributed by atoms with Crippen molar-refractivity contribution in [1.29, 1.82) is 0 Å². The molecule has 204 valence electrons. The number of benzene rings is 1. The molecule has 1 aliphatic carbocycles. The van der Waals surface area contributed by atoms with Gasteiger partial charge in [-0.3, -0.25) is 19.2 Å². The van der Waals surface area contributed by atoms with Gasteiger partial charge in [-0.05, 0) is 56.7 Å². The van der Waals surface area contributed by atoms with Crippen molar-refractivity contribution in [3.8, 4) is 11.5 Å². The molecule has 1 aromatic carbocycles. The first-order valence-electron chi connectivity index (χ1n) is 13.5. The van der Waals surface area contributed by atoms with Gasteiger partial charge >= 0.3 is 5.97 Å². The van der Waals surface area contributed by atoms with Crippen LogP contribution in [0.2, 0.25) is 0 Å². The van der Waals surface area contributed by atoms with Crippen molar-refractivity contribution in [1.82, 2.24) is 15.1 Å². The zero-order valence-corrected chi connectivity index (χ0v) is 21.8. The maximum atomic E-state index is 13.8. The van der Waals surface area contributed by atoms with E-state index in [2.05, 4.69) is 5.32 Å². The normalized spacial score (nSPS) is 23.9. The van der Waals surface area contributed by atoms with E-state index in [0.717, 1.165) is 18.5 Å². The van der Waals surface area contributed by atoms with Crippen molar-refractivity contribution >= 4 is 23.7 Å². The minimum absolute atomic E-state index is 0.00640. The van der Waals surface area contributed by atoms with Gasteiger partial charge in [-0.25, -0.2) is 0 Å². The third kappa shape index (κ3) is 5.08. The third-order valence-corrected chi connectivity index (χ3v) is 7.87. The molecule has 1 aromatic rings. The molecular formula is C28H35N3O7. The Morgan fingerprint density at radius 3 is 2.84 bits per heavy atom. The largest absolute Gasteiger partial charge is 0.465 e. The predicted octanol–water partition coefficient (Wildman–Crippen LogP) is 2.51. The number of nitrogens with zero attached hydrogens (tertiary/aromatic N) is 2. The van der Waals surface area contributed by atoms with Crippen molar-refractivity contribution in [2.45, 2.75) is 58.4 Å². The van der Waals surface area contributed by atoms with E-state index >= 15 is 0 Å². The van der Waals surface area contributed by atoms with Crippen molar-refractivity contribution in [2.75, 3.05) is 33.0 Å². The molecule has 4 aliphatic rings. The molecule has 10 nitrogen and oxygen atoms in total.